The van der Waals surface area contributed by atoms with Gasteiger partial charge in [0.15, 0.2) is 11.5 Å². The van der Waals surface area contributed by atoms with Gasteiger partial charge >= 0.3 is 12.1 Å². The summed E-state index contributed by atoms with van der Waals surface area (Å²) in [5.41, 5.74) is 3.70. The SMILES string of the molecule is COc1ccc(F)cc1-c1ccc2nc(C3CCCN(C(=O)c4cncc(C)c4)C3)nn2c1.O=C(O)C(F)(F)F. The minimum Gasteiger partial charge on any atom is -0.496 e. The lowest BCUT2D eigenvalue weighted by molar-refractivity contribution is -0.192. The van der Waals surface area contributed by atoms with Gasteiger partial charge in [-0.1, -0.05) is 0 Å². The number of carboxylic acid groups (broad SMARTS) is 1. The maximum absolute atomic E-state index is 13.9. The number of hydrogen-bond donors (Lipinski definition) is 1. The highest BCUT2D eigenvalue weighted by Gasteiger charge is 2.38. The van der Waals surface area contributed by atoms with Crippen LogP contribution in [0.4, 0.5) is 17.6 Å². The molecule has 1 unspecified atom stereocenters. The number of carbonyl (C=O) groups is 2. The zero-order valence-corrected chi connectivity index (χ0v) is 21.5. The summed E-state index contributed by atoms with van der Waals surface area (Å²) in [5, 5.41) is 11.8. The van der Waals surface area contributed by atoms with Crippen LogP contribution in [0.1, 0.15) is 40.5 Å². The lowest BCUT2D eigenvalue weighted by Crippen LogP contribution is -2.39. The standard InChI is InChI=1S/C25H24FN5O2.C2HF3O2/c1-16-10-19(13-27-12-16)25(32)30-9-3-4-18(14-30)24-28-23-8-5-17(15-31(23)29-24)21-11-20(26)6-7-22(21)33-2;3-2(4,5)1(6)7/h5-8,10-13,15,18H,3-4,9,14H2,1-2H3;(H,6,7). The molecule has 1 atom stereocenters. The number of methoxy groups -OCH3 is 1. The minimum absolute atomic E-state index is 0.0138. The summed E-state index contributed by atoms with van der Waals surface area (Å²) in [6, 6.07) is 10.0. The van der Waals surface area contributed by atoms with Crippen molar-refractivity contribution in [2.45, 2.75) is 31.9 Å². The first kappa shape index (κ1) is 28.5. The summed E-state index contributed by atoms with van der Waals surface area (Å²) in [6.45, 7) is 3.20. The fraction of sp³-hybridized carbons (Fsp3) is 0.296. The monoisotopic (exact) mass is 559 g/mol. The molecule has 5 rings (SSSR count). The van der Waals surface area contributed by atoms with E-state index in [9.17, 15) is 22.4 Å². The van der Waals surface area contributed by atoms with Crippen molar-refractivity contribution in [3.05, 3.63) is 77.8 Å². The lowest BCUT2D eigenvalue weighted by Gasteiger charge is -2.31. The molecule has 1 saturated heterocycles. The Morgan fingerprint density at radius 3 is 2.55 bits per heavy atom. The van der Waals surface area contributed by atoms with E-state index >= 15 is 0 Å². The molecular weight excluding hydrogens is 534 g/mol. The van der Waals surface area contributed by atoms with E-state index in [4.69, 9.17) is 24.7 Å². The third-order valence-electron chi connectivity index (χ3n) is 6.26. The molecule has 13 heteroatoms. The number of piperidine rings is 1. The Labute approximate surface area is 226 Å². The first-order valence-corrected chi connectivity index (χ1v) is 12.2. The fourth-order valence-corrected chi connectivity index (χ4v) is 4.37. The molecule has 4 aromatic rings. The number of alkyl halides is 3. The average Bonchev–Trinajstić information content (AvgIpc) is 3.36. The van der Waals surface area contributed by atoms with Gasteiger partial charge in [0.05, 0.1) is 12.7 Å². The molecule has 1 amide bonds. The molecule has 3 aromatic heterocycles. The quantitative estimate of drug-likeness (QED) is 0.354. The van der Waals surface area contributed by atoms with Gasteiger partial charge in [-0.2, -0.15) is 18.3 Å². The molecule has 1 aromatic carbocycles. The van der Waals surface area contributed by atoms with Gasteiger partial charge in [0, 0.05) is 48.7 Å². The Kier molecular flexibility index (Phi) is 8.31. The molecule has 40 heavy (non-hydrogen) atoms. The van der Waals surface area contributed by atoms with Gasteiger partial charge in [0.1, 0.15) is 11.6 Å². The van der Waals surface area contributed by atoms with E-state index in [1.807, 2.05) is 36.2 Å². The number of carbonyl (C=O) groups excluding carboxylic acids is 1. The van der Waals surface area contributed by atoms with Crippen LogP contribution in [0, 0.1) is 12.7 Å². The van der Waals surface area contributed by atoms with E-state index in [0.717, 1.165) is 24.0 Å². The molecule has 0 spiro atoms. The Morgan fingerprint density at radius 1 is 1.12 bits per heavy atom. The predicted molar refractivity (Wildman–Crippen MR) is 135 cm³/mol. The topological polar surface area (TPSA) is 110 Å². The maximum Gasteiger partial charge on any atom is 0.490 e. The number of carboxylic acids is 1. The number of likely N-dealkylation sites (tertiary alicyclic amines) is 1. The number of fused-ring (bicyclic) bond motifs is 1. The van der Waals surface area contributed by atoms with Crippen LogP contribution in [0.25, 0.3) is 16.8 Å². The Morgan fingerprint density at radius 2 is 1.88 bits per heavy atom. The van der Waals surface area contributed by atoms with Gasteiger partial charge in [0.25, 0.3) is 5.91 Å². The third kappa shape index (κ3) is 6.53. The zero-order valence-electron chi connectivity index (χ0n) is 21.5. The number of nitrogens with zero attached hydrogens (tertiary/aromatic N) is 5. The normalized spacial score (nSPS) is 15.3. The molecule has 0 saturated carbocycles. The van der Waals surface area contributed by atoms with Crippen molar-refractivity contribution in [2.24, 2.45) is 0 Å². The summed E-state index contributed by atoms with van der Waals surface area (Å²) in [5.74, 6) is -1.76. The first-order valence-electron chi connectivity index (χ1n) is 12.2. The lowest BCUT2D eigenvalue weighted by atomic mass is 9.97. The zero-order chi connectivity index (χ0) is 29.0. The molecule has 4 heterocycles. The van der Waals surface area contributed by atoms with Crippen LogP contribution in [0.2, 0.25) is 0 Å². The van der Waals surface area contributed by atoms with Crippen molar-refractivity contribution in [3.63, 3.8) is 0 Å². The molecule has 1 aliphatic rings. The van der Waals surface area contributed by atoms with E-state index in [0.29, 0.717) is 41.4 Å². The molecule has 0 radical (unpaired) electrons. The van der Waals surface area contributed by atoms with Gasteiger partial charge in [-0.15, -0.1) is 0 Å². The molecule has 1 fully saturated rings. The highest BCUT2D eigenvalue weighted by atomic mass is 19.4. The van der Waals surface area contributed by atoms with Crippen LogP contribution in [0.3, 0.4) is 0 Å². The summed E-state index contributed by atoms with van der Waals surface area (Å²) in [7, 11) is 1.56. The number of halogens is 4. The Balaban J connectivity index is 0.000000470. The minimum atomic E-state index is -5.08. The number of rotatable bonds is 4. The number of ether oxygens (including phenoxy) is 1. The van der Waals surface area contributed by atoms with Crippen molar-refractivity contribution in [3.8, 4) is 16.9 Å². The second-order valence-corrected chi connectivity index (χ2v) is 9.18. The summed E-state index contributed by atoms with van der Waals surface area (Å²) in [6.07, 6.45) is 1.90. The van der Waals surface area contributed by atoms with E-state index in [2.05, 4.69) is 4.98 Å². The number of aryl methyl sites for hydroxylation is 1. The molecule has 0 aliphatic carbocycles. The summed E-state index contributed by atoms with van der Waals surface area (Å²) >= 11 is 0. The second kappa shape index (κ2) is 11.7. The van der Waals surface area contributed by atoms with Crippen molar-refractivity contribution in [1.82, 2.24) is 24.5 Å². The van der Waals surface area contributed by atoms with E-state index in [-0.39, 0.29) is 17.6 Å². The number of aromatic nitrogens is 4. The molecule has 9 nitrogen and oxygen atoms in total. The predicted octanol–water partition coefficient (Wildman–Crippen LogP) is 4.90. The Bertz CT molecular complexity index is 1540. The average molecular weight is 560 g/mol. The fourth-order valence-electron chi connectivity index (χ4n) is 4.37. The molecule has 1 N–H and O–H groups in total. The largest absolute Gasteiger partial charge is 0.496 e. The smallest absolute Gasteiger partial charge is 0.490 e. The van der Waals surface area contributed by atoms with Crippen LogP contribution < -0.4 is 4.74 Å². The third-order valence-corrected chi connectivity index (χ3v) is 6.26. The summed E-state index contributed by atoms with van der Waals surface area (Å²) in [4.78, 5) is 32.6. The molecule has 1 aliphatic heterocycles. The van der Waals surface area contributed by atoms with E-state index in [1.165, 1.54) is 12.1 Å². The van der Waals surface area contributed by atoms with Crippen molar-refractivity contribution < 1.29 is 37.0 Å². The number of aliphatic carboxylic acids is 1. The second-order valence-electron chi connectivity index (χ2n) is 9.18. The number of pyridine rings is 2. The van der Waals surface area contributed by atoms with E-state index < -0.39 is 12.1 Å². The van der Waals surface area contributed by atoms with Crippen molar-refractivity contribution in [1.29, 1.82) is 0 Å². The van der Waals surface area contributed by atoms with Gasteiger partial charge in [-0.05, 0) is 61.7 Å². The molecule has 210 valence electrons. The Hall–Kier alpha value is -4.55. The number of hydrogen-bond acceptors (Lipinski definition) is 6. The first-order chi connectivity index (χ1) is 19.0. The molecule has 0 bridgehead atoms. The summed E-state index contributed by atoms with van der Waals surface area (Å²) < 4.78 is 52.7. The highest BCUT2D eigenvalue weighted by molar-refractivity contribution is 5.94. The number of amides is 1. The molecular formula is C27H25F4N5O4. The van der Waals surface area contributed by atoms with Crippen LogP contribution in [-0.2, 0) is 4.79 Å². The number of benzene rings is 1. The van der Waals surface area contributed by atoms with Gasteiger partial charge in [0.2, 0.25) is 0 Å². The van der Waals surface area contributed by atoms with Crippen LogP contribution in [0.15, 0.2) is 55.0 Å². The highest BCUT2D eigenvalue weighted by Crippen LogP contribution is 2.31. The van der Waals surface area contributed by atoms with Crippen molar-refractivity contribution >= 4 is 17.5 Å². The van der Waals surface area contributed by atoms with E-state index in [1.54, 1.807) is 30.1 Å². The van der Waals surface area contributed by atoms with Gasteiger partial charge < -0.3 is 14.7 Å². The van der Waals surface area contributed by atoms with Gasteiger partial charge in [-0.25, -0.2) is 18.7 Å². The van der Waals surface area contributed by atoms with Gasteiger partial charge in [-0.3, -0.25) is 9.78 Å². The van der Waals surface area contributed by atoms with Crippen molar-refractivity contribution in [2.75, 3.05) is 20.2 Å². The van der Waals surface area contributed by atoms with Crippen LogP contribution >= 0.6 is 0 Å². The van der Waals surface area contributed by atoms with Crippen LogP contribution in [-0.4, -0.2) is 67.8 Å². The maximum atomic E-state index is 13.9. The van der Waals surface area contributed by atoms with Crippen LogP contribution in [0.5, 0.6) is 5.75 Å².